The van der Waals surface area contributed by atoms with E-state index in [4.69, 9.17) is 0 Å². The molecule has 0 fully saturated rings. The molecular weight excluding hydrogens is 352 g/mol. The van der Waals surface area contributed by atoms with Gasteiger partial charge in [0.05, 0.1) is 12.2 Å². The molecule has 7 nitrogen and oxygen atoms in total. The van der Waals surface area contributed by atoms with Crippen LogP contribution in [0.15, 0.2) is 59.5 Å². The molecule has 142 valence electrons. The van der Waals surface area contributed by atoms with Crippen molar-refractivity contribution in [3.05, 3.63) is 76.3 Å². The van der Waals surface area contributed by atoms with Crippen molar-refractivity contribution < 1.29 is 0 Å². The van der Waals surface area contributed by atoms with Crippen LogP contribution in [0, 0.1) is 0 Å². The topological polar surface area (TPSA) is 88.0 Å². The number of nitrogens with zero attached hydrogens (tertiary/aromatic N) is 4. The summed E-state index contributed by atoms with van der Waals surface area (Å²) in [6.45, 7) is 6.92. The molecule has 4 aromatic rings. The summed E-state index contributed by atoms with van der Waals surface area (Å²) in [5.74, 6) is 1.69. The quantitative estimate of drug-likeness (QED) is 0.572. The summed E-state index contributed by atoms with van der Waals surface area (Å²) in [6, 6.07) is 15.3. The number of pyridine rings is 1. The molecule has 28 heavy (non-hydrogen) atoms. The molecule has 0 spiro atoms. The van der Waals surface area contributed by atoms with Gasteiger partial charge in [-0.05, 0) is 23.1 Å². The van der Waals surface area contributed by atoms with Gasteiger partial charge >= 0.3 is 0 Å². The predicted molar refractivity (Wildman–Crippen MR) is 109 cm³/mol. The first-order valence-corrected chi connectivity index (χ1v) is 9.15. The Balaban J connectivity index is 1.62. The highest BCUT2D eigenvalue weighted by Crippen LogP contribution is 2.24. The molecule has 0 aliphatic carbocycles. The standard InChI is InChI=1S/C21H22N6O/c1-21(2,3)15-9-7-14(8-10-15)19-25-20-24-16(12-18(28)27(20)26-19)13-23-17-6-4-5-11-22-17/h4-12H,13H2,1-3H3,(H,22,23)(H,24,25,26). The van der Waals surface area contributed by atoms with Crippen LogP contribution in [-0.2, 0) is 12.0 Å². The summed E-state index contributed by atoms with van der Waals surface area (Å²) in [7, 11) is 0. The lowest BCUT2D eigenvalue weighted by Gasteiger charge is -2.18. The lowest BCUT2D eigenvalue weighted by atomic mass is 9.87. The van der Waals surface area contributed by atoms with Crippen LogP contribution in [0.1, 0.15) is 32.0 Å². The van der Waals surface area contributed by atoms with E-state index < -0.39 is 0 Å². The van der Waals surface area contributed by atoms with Crippen LogP contribution in [0.25, 0.3) is 17.2 Å². The van der Waals surface area contributed by atoms with Gasteiger partial charge in [0.25, 0.3) is 11.3 Å². The summed E-state index contributed by atoms with van der Waals surface area (Å²) in [5.41, 5.74) is 2.64. The predicted octanol–water partition coefficient (Wildman–Crippen LogP) is 3.39. The maximum atomic E-state index is 12.4. The number of anilines is 1. The molecule has 2 N–H and O–H groups in total. The zero-order valence-corrected chi connectivity index (χ0v) is 16.1. The highest BCUT2D eigenvalue weighted by atomic mass is 16.1. The Bertz CT molecular complexity index is 1150. The fourth-order valence-electron chi connectivity index (χ4n) is 2.92. The molecule has 0 bridgehead atoms. The number of benzene rings is 1. The van der Waals surface area contributed by atoms with Crippen molar-refractivity contribution in [3.8, 4) is 11.4 Å². The number of aromatic nitrogens is 5. The maximum absolute atomic E-state index is 12.4. The minimum atomic E-state index is -0.201. The number of hydrogen-bond donors (Lipinski definition) is 2. The number of rotatable bonds is 4. The van der Waals surface area contributed by atoms with Crippen molar-refractivity contribution in [2.75, 3.05) is 5.32 Å². The Morgan fingerprint density at radius 3 is 2.54 bits per heavy atom. The van der Waals surface area contributed by atoms with Crippen molar-refractivity contribution in [3.63, 3.8) is 0 Å². The molecule has 3 aromatic heterocycles. The number of aromatic amines is 1. The second kappa shape index (κ2) is 6.92. The van der Waals surface area contributed by atoms with Crippen molar-refractivity contribution in [1.82, 2.24) is 24.6 Å². The van der Waals surface area contributed by atoms with Gasteiger partial charge in [-0.15, -0.1) is 0 Å². The van der Waals surface area contributed by atoms with Crippen molar-refractivity contribution >= 4 is 11.6 Å². The van der Waals surface area contributed by atoms with Crippen LogP contribution >= 0.6 is 0 Å². The maximum Gasteiger partial charge on any atom is 0.274 e. The molecule has 0 saturated carbocycles. The van der Waals surface area contributed by atoms with Crippen molar-refractivity contribution in [2.24, 2.45) is 0 Å². The van der Waals surface area contributed by atoms with Crippen LogP contribution in [0.3, 0.4) is 0 Å². The Kier molecular flexibility index (Phi) is 4.43. The molecule has 1 aromatic carbocycles. The largest absolute Gasteiger partial charge is 0.364 e. The highest BCUT2D eigenvalue weighted by Gasteiger charge is 2.14. The van der Waals surface area contributed by atoms with Crippen molar-refractivity contribution in [2.45, 2.75) is 32.7 Å². The average Bonchev–Trinajstić information content (AvgIpc) is 3.11. The number of fused-ring (bicyclic) bond motifs is 1. The summed E-state index contributed by atoms with van der Waals surface area (Å²) in [6.07, 6.45) is 1.71. The van der Waals surface area contributed by atoms with Gasteiger partial charge in [0, 0.05) is 17.8 Å². The second-order valence-electron chi connectivity index (χ2n) is 7.69. The molecule has 0 aliphatic rings. The Morgan fingerprint density at radius 1 is 1.07 bits per heavy atom. The van der Waals surface area contributed by atoms with Gasteiger partial charge < -0.3 is 5.32 Å². The SMILES string of the molecule is CC(C)(C)c1ccc(-c2nc3nc(CNc4ccccn4)cc(=O)n3[nH]2)cc1. The fourth-order valence-corrected chi connectivity index (χ4v) is 2.92. The molecule has 0 saturated heterocycles. The summed E-state index contributed by atoms with van der Waals surface area (Å²) in [4.78, 5) is 25.6. The Morgan fingerprint density at radius 2 is 1.86 bits per heavy atom. The molecule has 0 atom stereocenters. The molecule has 0 radical (unpaired) electrons. The molecule has 3 heterocycles. The van der Waals surface area contributed by atoms with E-state index >= 15 is 0 Å². The number of nitrogens with one attached hydrogen (secondary N) is 2. The van der Waals surface area contributed by atoms with Gasteiger partial charge in [-0.2, -0.15) is 9.50 Å². The molecule has 0 aliphatic heterocycles. The first-order valence-electron chi connectivity index (χ1n) is 9.15. The van der Waals surface area contributed by atoms with Gasteiger partial charge in [0.1, 0.15) is 5.82 Å². The fraction of sp³-hybridized carbons (Fsp3) is 0.238. The number of H-pyrrole nitrogens is 1. The molecular formula is C21H22N6O. The van der Waals surface area contributed by atoms with Gasteiger partial charge in [-0.1, -0.05) is 51.1 Å². The lowest BCUT2D eigenvalue weighted by Crippen LogP contribution is -2.17. The third-order valence-electron chi connectivity index (χ3n) is 4.52. The van der Waals surface area contributed by atoms with Gasteiger partial charge in [0.2, 0.25) is 0 Å². The second-order valence-corrected chi connectivity index (χ2v) is 7.69. The van der Waals surface area contributed by atoms with E-state index in [-0.39, 0.29) is 11.0 Å². The third kappa shape index (κ3) is 3.64. The first kappa shape index (κ1) is 17.9. The van der Waals surface area contributed by atoms with E-state index in [0.29, 0.717) is 23.8 Å². The van der Waals surface area contributed by atoms with E-state index in [1.165, 1.54) is 16.1 Å². The first-order chi connectivity index (χ1) is 13.4. The van der Waals surface area contributed by atoms with Gasteiger partial charge in [-0.3, -0.25) is 9.89 Å². The lowest BCUT2D eigenvalue weighted by molar-refractivity contribution is 0.590. The normalized spacial score (nSPS) is 11.7. The zero-order chi connectivity index (χ0) is 19.7. The van der Waals surface area contributed by atoms with E-state index in [9.17, 15) is 4.79 Å². The summed E-state index contributed by atoms with van der Waals surface area (Å²) >= 11 is 0. The minimum Gasteiger partial charge on any atom is -0.364 e. The van der Waals surface area contributed by atoms with E-state index in [1.807, 2.05) is 30.3 Å². The van der Waals surface area contributed by atoms with Crippen LogP contribution in [-0.4, -0.2) is 24.6 Å². The Hall–Kier alpha value is -3.48. The van der Waals surface area contributed by atoms with Crippen LogP contribution in [0.5, 0.6) is 0 Å². The van der Waals surface area contributed by atoms with E-state index in [2.05, 4.69) is 58.3 Å². The summed E-state index contributed by atoms with van der Waals surface area (Å²) < 4.78 is 1.36. The van der Waals surface area contributed by atoms with E-state index in [0.717, 1.165) is 11.4 Å². The van der Waals surface area contributed by atoms with Crippen LogP contribution < -0.4 is 10.9 Å². The van der Waals surface area contributed by atoms with Crippen LogP contribution in [0.4, 0.5) is 5.82 Å². The van der Waals surface area contributed by atoms with Gasteiger partial charge in [-0.25, -0.2) is 9.97 Å². The van der Waals surface area contributed by atoms with E-state index in [1.54, 1.807) is 6.20 Å². The molecule has 4 rings (SSSR count). The van der Waals surface area contributed by atoms with Crippen molar-refractivity contribution in [1.29, 1.82) is 0 Å². The highest BCUT2D eigenvalue weighted by molar-refractivity contribution is 5.57. The zero-order valence-electron chi connectivity index (χ0n) is 16.1. The number of hydrogen-bond acceptors (Lipinski definition) is 5. The average molecular weight is 374 g/mol. The molecule has 0 amide bonds. The van der Waals surface area contributed by atoms with Gasteiger partial charge in [0.15, 0.2) is 5.82 Å². The smallest absolute Gasteiger partial charge is 0.274 e. The monoisotopic (exact) mass is 374 g/mol. The third-order valence-corrected chi connectivity index (χ3v) is 4.52. The Labute approximate surface area is 162 Å². The molecule has 7 heteroatoms. The van der Waals surface area contributed by atoms with Crippen LogP contribution in [0.2, 0.25) is 0 Å². The summed E-state index contributed by atoms with van der Waals surface area (Å²) in [5, 5.41) is 6.19. The minimum absolute atomic E-state index is 0.0837. The molecule has 0 unspecified atom stereocenters.